The molecule has 0 atom stereocenters. The van der Waals surface area contributed by atoms with Crippen molar-refractivity contribution in [2.45, 2.75) is 25.8 Å². The van der Waals surface area contributed by atoms with E-state index in [1.165, 1.54) is 6.42 Å². The van der Waals surface area contributed by atoms with Gasteiger partial charge in [0.25, 0.3) is 5.56 Å². The normalized spacial score (nSPS) is 15.8. The number of halogens is 1. The molecule has 0 radical (unpaired) electrons. The highest BCUT2D eigenvalue weighted by Crippen LogP contribution is 2.20. The monoisotopic (exact) mass is 291 g/mol. The average Bonchev–Trinajstić information content (AvgIpc) is 2.48. The molecule has 1 aromatic carbocycles. The molecule has 0 aliphatic carbocycles. The zero-order chi connectivity index (χ0) is 14.1. The van der Waals surface area contributed by atoms with Gasteiger partial charge in [-0.1, -0.05) is 11.6 Å². The average molecular weight is 292 g/mol. The van der Waals surface area contributed by atoms with Crippen LogP contribution >= 0.6 is 11.6 Å². The SMILES string of the molecule is NCc1cn(N2CCCCC2)c(=O)c2ccc(Cl)cc12. The fraction of sp³-hybridized carbons (Fsp3) is 0.400. The van der Waals surface area contributed by atoms with E-state index in [9.17, 15) is 4.79 Å². The van der Waals surface area contributed by atoms with Gasteiger partial charge < -0.3 is 10.7 Å². The maximum absolute atomic E-state index is 12.6. The lowest BCUT2D eigenvalue weighted by Crippen LogP contribution is -2.45. The minimum absolute atomic E-state index is 0.00997. The molecule has 20 heavy (non-hydrogen) atoms. The van der Waals surface area contributed by atoms with Crippen LogP contribution in [0.15, 0.2) is 29.2 Å². The van der Waals surface area contributed by atoms with E-state index >= 15 is 0 Å². The molecule has 0 unspecified atom stereocenters. The number of fused-ring (bicyclic) bond motifs is 1. The lowest BCUT2D eigenvalue weighted by atomic mass is 10.1. The molecule has 3 rings (SSSR count). The summed E-state index contributed by atoms with van der Waals surface area (Å²) in [7, 11) is 0. The molecule has 1 aromatic heterocycles. The largest absolute Gasteiger partial charge is 0.326 e. The molecule has 2 aromatic rings. The third-order valence-electron chi connectivity index (χ3n) is 3.90. The van der Waals surface area contributed by atoms with Crippen LogP contribution in [0.3, 0.4) is 0 Å². The summed E-state index contributed by atoms with van der Waals surface area (Å²) in [5.41, 5.74) is 6.80. The van der Waals surface area contributed by atoms with E-state index in [2.05, 4.69) is 5.01 Å². The van der Waals surface area contributed by atoms with Gasteiger partial charge in [0, 0.05) is 36.2 Å². The summed E-state index contributed by atoms with van der Waals surface area (Å²) in [5, 5.41) is 4.28. The second kappa shape index (κ2) is 5.46. The van der Waals surface area contributed by atoms with Gasteiger partial charge in [-0.25, -0.2) is 4.68 Å². The van der Waals surface area contributed by atoms with Crippen LogP contribution in [0.2, 0.25) is 5.02 Å². The highest BCUT2D eigenvalue weighted by molar-refractivity contribution is 6.31. The first-order valence-corrected chi connectivity index (χ1v) is 7.37. The van der Waals surface area contributed by atoms with Gasteiger partial charge >= 0.3 is 0 Å². The molecule has 1 saturated heterocycles. The van der Waals surface area contributed by atoms with Gasteiger partial charge in [-0.15, -0.1) is 0 Å². The molecule has 2 N–H and O–H groups in total. The van der Waals surface area contributed by atoms with E-state index < -0.39 is 0 Å². The fourth-order valence-electron chi connectivity index (χ4n) is 2.83. The molecule has 0 saturated carbocycles. The summed E-state index contributed by atoms with van der Waals surface area (Å²) in [6.45, 7) is 2.23. The van der Waals surface area contributed by atoms with Gasteiger partial charge in [0.1, 0.15) is 0 Å². The van der Waals surface area contributed by atoms with Crippen LogP contribution in [-0.4, -0.2) is 17.8 Å². The third kappa shape index (κ3) is 2.30. The molecule has 0 spiro atoms. The molecule has 5 heteroatoms. The number of hydrogen-bond acceptors (Lipinski definition) is 3. The fourth-order valence-corrected chi connectivity index (χ4v) is 3.01. The molecule has 0 bridgehead atoms. The van der Waals surface area contributed by atoms with Crippen molar-refractivity contribution in [3.8, 4) is 0 Å². The molecular weight excluding hydrogens is 274 g/mol. The summed E-state index contributed by atoms with van der Waals surface area (Å²) < 4.78 is 1.73. The molecule has 1 aliphatic heterocycles. The van der Waals surface area contributed by atoms with Crippen molar-refractivity contribution in [2.24, 2.45) is 5.73 Å². The first-order chi connectivity index (χ1) is 9.70. The number of nitrogens with two attached hydrogens (primary N) is 1. The highest BCUT2D eigenvalue weighted by Gasteiger charge is 2.15. The van der Waals surface area contributed by atoms with Crippen molar-refractivity contribution in [3.05, 3.63) is 45.3 Å². The lowest BCUT2D eigenvalue weighted by Gasteiger charge is -2.30. The molecule has 4 nitrogen and oxygen atoms in total. The maximum atomic E-state index is 12.6. The third-order valence-corrected chi connectivity index (χ3v) is 4.14. The Labute approximate surface area is 122 Å². The summed E-state index contributed by atoms with van der Waals surface area (Å²) >= 11 is 6.03. The van der Waals surface area contributed by atoms with Gasteiger partial charge in [0.15, 0.2) is 0 Å². The van der Waals surface area contributed by atoms with Gasteiger partial charge in [-0.3, -0.25) is 4.79 Å². The first-order valence-electron chi connectivity index (χ1n) is 7.00. The highest BCUT2D eigenvalue weighted by atomic mass is 35.5. The Hall–Kier alpha value is -1.52. The zero-order valence-electron chi connectivity index (χ0n) is 11.3. The second-order valence-electron chi connectivity index (χ2n) is 5.21. The van der Waals surface area contributed by atoms with E-state index in [1.807, 2.05) is 12.3 Å². The molecule has 1 aliphatic rings. The Morgan fingerprint density at radius 3 is 2.60 bits per heavy atom. The van der Waals surface area contributed by atoms with Crippen LogP contribution < -0.4 is 16.3 Å². The number of piperidine rings is 1. The Morgan fingerprint density at radius 2 is 1.90 bits per heavy atom. The van der Waals surface area contributed by atoms with Gasteiger partial charge in [0.2, 0.25) is 0 Å². The molecule has 2 heterocycles. The quantitative estimate of drug-likeness (QED) is 0.923. The number of aromatic nitrogens is 1. The Bertz CT molecular complexity index is 689. The number of rotatable bonds is 2. The Kier molecular flexibility index (Phi) is 3.68. The predicted molar refractivity (Wildman–Crippen MR) is 82.9 cm³/mol. The molecule has 1 fully saturated rings. The first kappa shape index (κ1) is 13.5. The van der Waals surface area contributed by atoms with Gasteiger partial charge in [-0.05, 0) is 48.4 Å². The van der Waals surface area contributed by atoms with Crippen molar-refractivity contribution < 1.29 is 0 Å². The smallest absolute Gasteiger partial charge is 0.276 e. The summed E-state index contributed by atoms with van der Waals surface area (Å²) in [6, 6.07) is 5.37. The van der Waals surface area contributed by atoms with Crippen LogP contribution in [0.5, 0.6) is 0 Å². The summed E-state index contributed by atoms with van der Waals surface area (Å²) in [4.78, 5) is 12.6. The number of nitrogens with zero attached hydrogens (tertiary/aromatic N) is 2. The number of benzene rings is 1. The van der Waals surface area contributed by atoms with E-state index in [0.29, 0.717) is 17.0 Å². The zero-order valence-corrected chi connectivity index (χ0v) is 12.1. The number of pyridine rings is 1. The second-order valence-corrected chi connectivity index (χ2v) is 5.65. The Morgan fingerprint density at radius 1 is 1.15 bits per heavy atom. The van der Waals surface area contributed by atoms with E-state index in [4.69, 9.17) is 17.3 Å². The lowest BCUT2D eigenvalue weighted by molar-refractivity contribution is 0.470. The standard InChI is InChI=1S/C15H18ClN3O/c16-12-4-5-13-14(8-12)11(9-17)10-19(15(13)20)18-6-2-1-3-7-18/h4-5,8,10H,1-3,6-7,9,17H2. The van der Waals surface area contributed by atoms with Crippen LogP contribution in [0.1, 0.15) is 24.8 Å². The topological polar surface area (TPSA) is 51.3 Å². The van der Waals surface area contributed by atoms with Crippen LogP contribution in [0.25, 0.3) is 10.8 Å². The Balaban J connectivity index is 2.21. The minimum Gasteiger partial charge on any atom is -0.326 e. The molecule has 106 valence electrons. The maximum Gasteiger partial charge on any atom is 0.276 e. The van der Waals surface area contributed by atoms with E-state index in [0.717, 1.165) is 36.9 Å². The summed E-state index contributed by atoms with van der Waals surface area (Å²) in [5.74, 6) is 0. The van der Waals surface area contributed by atoms with Crippen molar-refractivity contribution in [2.75, 3.05) is 18.1 Å². The van der Waals surface area contributed by atoms with E-state index in [-0.39, 0.29) is 5.56 Å². The number of hydrogen-bond donors (Lipinski definition) is 1. The molecule has 0 amide bonds. The van der Waals surface area contributed by atoms with E-state index in [1.54, 1.807) is 16.8 Å². The molecular formula is C15H18ClN3O. The summed E-state index contributed by atoms with van der Waals surface area (Å²) in [6.07, 6.45) is 5.36. The van der Waals surface area contributed by atoms with Gasteiger partial charge in [0.05, 0.1) is 0 Å². The van der Waals surface area contributed by atoms with Crippen molar-refractivity contribution >= 4 is 22.4 Å². The minimum atomic E-state index is 0.00997. The van der Waals surface area contributed by atoms with Gasteiger partial charge in [-0.2, -0.15) is 0 Å². The predicted octanol–water partition coefficient (Wildman–Crippen LogP) is 2.24. The van der Waals surface area contributed by atoms with Crippen LogP contribution in [0, 0.1) is 0 Å². The van der Waals surface area contributed by atoms with Crippen molar-refractivity contribution in [1.82, 2.24) is 4.68 Å². The van der Waals surface area contributed by atoms with Crippen molar-refractivity contribution in [1.29, 1.82) is 0 Å². The van der Waals surface area contributed by atoms with Crippen LogP contribution in [-0.2, 0) is 6.54 Å². The van der Waals surface area contributed by atoms with Crippen LogP contribution in [0.4, 0.5) is 0 Å². The van der Waals surface area contributed by atoms with Crippen molar-refractivity contribution in [3.63, 3.8) is 0 Å².